The van der Waals surface area contributed by atoms with Crippen LogP contribution in [0.15, 0.2) is 176 Å². The van der Waals surface area contributed by atoms with Crippen molar-refractivity contribution in [2.75, 3.05) is 0 Å². The lowest BCUT2D eigenvalue weighted by molar-refractivity contribution is 1.08. The van der Waals surface area contributed by atoms with Gasteiger partial charge in [-0.1, -0.05) is 121 Å². The Morgan fingerprint density at radius 3 is 1.57 bits per heavy atom. The molecule has 238 valence electrons. The van der Waals surface area contributed by atoms with E-state index in [0.717, 1.165) is 78.1 Å². The second-order valence-electron chi connectivity index (χ2n) is 12.4. The topological polar surface area (TPSA) is 67.4 Å². The molecule has 9 rings (SSSR count). The number of rotatable bonds is 6. The first kappa shape index (κ1) is 29.9. The second-order valence-corrected chi connectivity index (χ2v) is 12.4. The van der Waals surface area contributed by atoms with E-state index < -0.39 is 0 Å². The Hall–Kier alpha value is -7.16. The molecule has 0 fully saturated rings. The molecule has 3 aromatic heterocycles. The number of para-hydroxylation sites is 1. The SMILES string of the molecule is N#Cc1ccc(-c2cc(-c3ccccc3)cc(-n3c4ccccc4c4cc(-c5nc(-c6ccccc6)cc(-c6ccccc6)n5)ccc43)n2)cc1. The first-order chi connectivity index (χ1) is 25.2. The van der Waals surface area contributed by atoms with Gasteiger partial charge in [0.1, 0.15) is 5.82 Å². The van der Waals surface area contributed by atoms with E-state index in [9.17, 15) is 5.26 Å². The van der Waals surface area contributed by atoms with Crippen molar-refractivity contribution >= 4 is 21.8 Å². The summed E-state index contributed by atoms with van der Waals surface area (Å²) in [7, 11) is 0. The predicted molar refractivity (Wildman–Crippen MR) is 206 cm³/mol. The number of fused-ring (bicyclic) bond motifs is 3. The van der Waals surface area contributed by atoms with Gasteiger partial charge in [0.25, 0.3) is 0 Å². The summed E-state index contributed by atoms with van der Waals surface area (Å²) in [6.45, 7) is 0. The van der Waals surface area contributed by atoms with Gasteiger partial charge in [0, 0.05) is 33.0 Å². The maximum absolute atomic E-state index is 9.41. The molecule has 0 bridgehead atoms. The Morgan fingerprint density at radius 2 is 0.922 bits per heavy atom. The molecule has 0 atom stereocenters. The summed E-state index contributed by atoms with van der Waals surface area (Å²) < 4.78 is 2.24. The molecule has 0 saturated heterocycles. The quantitative estimate of drug-likeness (QED) is 0.179. The third kappa shape index (κ3) is 5.61. The maximum Gasteiger partial charge on any atom is 0.160 e. The highest BCUT2D eigenvalue weighted by Gasteiger charge is 2.18. The van der Waals surface area contributed by atoms with Gasteiger partial charge in [-0.3, -0.25) is 4.57 Å². The lowest BCUT2D eigenvalue weighted by atomic mass is 10.0. The average Bonchev–Trinajstić information content (AvgIpc) is 3.55. The van der Waals surface area contributed by atoms with E-state index >= 15 is 0 Å². The summed E-state index contributed by atoms with van der Waals surface area (Å²) in [6, 6.07) is 62.0. The van der Waals surface area contributed by atoms with Gasteiger partial charge >= 0.3 is 0 Å². The van der Waals surface area contributed by atoms with E-state index in [1.807, 2.05) is 66.7 Å². The van der Waals surface area contributed by atoms with Crippen LogP contribution in [-0.4, -0.2) is 19.5 Å². The van der Waals surface area contributed by atoms with Gasteiger partial charge in [0.15, 0.2) is 5.82 Å². The Kier molecular flexibility index (Phi) is 7.46. The minimum Gasteiger partial charge on any atom is -0.294 e. The van der Waals surface area contributed by atoms with Gasteiger partial charge in [-0.25, -0.2) is 15.0 Å². The van der Waals surface area contributed by atoms with Crippen LogP contribution in [0.2, 0.25) is 0 Å². The van der Waals surface area contributed by atoms with Crippen molar-refractivity contribution in [3.63, 3.8) is 0 Å². The highest BCUT2D eigenvalue weighted by atomic mass is 15.1. The predicted octanol–water partition coefficient (Wildman–Crippen LogP) is 11.2. The van der Waals surface area contributed by atoms with Gasteiger partial charge in [-0.15, -0.1) is 0 Å². The molecule has 3 heterocycles. The lowest BCUT2D eigenvalue weighted by Crippen LogP contribution is -2.00. The molecular formula is C46H29N5. The summed E-state index contributed by atoms with van der Waals surface area (Å²) in [4.78, 5) is 15.5. The number of hydrogen-bond donors (Lipinski definition) is 0. The van der Waals surface area contributed by atoms with Crippen molar-refractivity contribution < 1.29 is 0 Å². The third-order valence-electron chi connectivity index (χ3n) is 9.25. The molecule has 9 aromatic rings. The van der Waals surface area contributed by atoms with Crippen molar-refractivity contribution in [3.8, 4) is 68.2 Å². The highest BCUT2D eigenvalue weighted by Crippen LogP contribution is 2.37. The van der Waals surface area contributed by atoms with E-state index in [-0.39, 0.29) is 0 Å². The summed E-state index contributed by atoms with van der Waals surface area (Å²) in [5.41, 5.74) is 11.4. The molecule has 5 nitrogen and oxygen atoms in total. The van der Waals surface area contributed by atoms with Crippen LogP contribution >= 0.6 is 0 Å². The van der Waals surface area contributed by atoms with Gasteiger partial charge in [-0.05, 0) is 65.7 Å². The zero-order valence-corrected chi connectivity index (χ0v) is 27.5. The van der Waals surface area contributed by atoms with Crippen molar-refractivity contribution in [3.05, 3.63) is 181 Å². The summed E-state index contributed by atoms with van der Waals surface area (Å²) in [5, 5.41) is 11.6. The van der Waals surface area contributed by atoms with Gasteiger partial charge in [0.05, 0.1) is 39.7 Å². The minimum atomic E-state index is 0.616. The molecule has 0 aliphatic rings. The largest absolute Gasteiger partial charge is 0.294 e. The van der Waals surface area contributed by atoms with Gasteiger partial charge < -0.3 is 0 Å². The third-order valence-corrected chi connectivity index (χ3v) is 9.25. The fraction of sp³-hybridized carbons (Fsp3) is 0. The van der Waals surface area contributed by atoms with E-state index in [2.05, 4.69) is 120 Å². The van der Waals surface area contributed by atoms with Gasteiger partial charge in [0.2, 0.25) is 0 Å². The number of hydrogen-bond acceptors (Lipinski definition) is 4. The van der Waals surface area contributed by atoms with Crippen LogP contribution in [0.1, 0.15) is 5.56 Å². The summed E-state index contributed by atoms with van der Waals surface area (Å²) in [6.07, 6.45) is 0. The van der Waals surface area contributed by atoms with E-state index in [4.69, 9.17) is 15.0 Å². The Balaban J connectivity index is 1.25. The van der Waals surface area contributed by atoms with Crippen molar-refractivity contribution in [2.24, 2.45) is 0 Å². The zero-order valence-electron chi connectivity index (χ0n) is 27.5. The standard InChI is InChI=1S/C46H29N5/c47-30-31-20-22-35(23-21-31)40-27-37(32-12-4-1-5-13-32)28-45(48-40)51-43-19-11-10-18-38(43)39-26-36(24-25-44(39)51)46-49-41(33-14-6-2-7-15-33)29-42(50-46)34-16-8-3-9-17-34/h1-29H. The van der Waals surface area contributed by atoms with Crippen molar-refractivity contribution in [2.45, 2.75) is 0 Å². The Morgan fingerprint density at radius 1 is 0.392 bits per heavy atom. The first-order valence-corrected chi connectivity index (χ1v) is 16.8. The zero-order chi connectivity index (χ0) is 34.1. The summed E-state index contributed by atoms with van der Waals surface area (Å²) >= 11 is 0. The number of aromatic nitrogens is 4. The molecule has 0 aliphatic carbocycles. The monoisotopic (exact) mass is 651 g/mol. The van der Waals surface area contributed by atoms with E-state index in [1.54, 1.807) is 0 Å². The molecule has 6 aromatic carbocycles. The smallest absolute Gasteiger partial charge is 0.160 e. The molecular weight excluding hydrogens is 623 g/mol. The molecule has 0 aliphatic heterocycles. The summed E-state index contributed by atoms with van der Waals surface area (Å²) in [5.74, 6) is 1.48. The average molecular weight is 652 g/mol. The highest BCUT2D eigenvalue weighted by molar-refractivity contribution is 6.10. The van der Waals surface area contributed by atoms with Crippen LogP contribution in [0.3, 0.4) is 0 Å². The van der Waals surface area contributed by atoms with Crippen molar-refractivity contribution in [1.29, 1.82) is 5.26 Å². The molecule has 0 radical (unpaired) electrons. The lowest BCUT2D eigenvalue weighted by Gasteiger charge is -2.13. The Labute approximate surface area is 295 Å². The van der Waals surface area contributed by atoms with Crippen LogP contribution in [0, 0.1) is 11.3 Å². The number of nitrogens with zero attached hydrogens (tertiary/aromatic N) is 5. The second kappa shape index (κ2) is 12.7. The first-order valence-electron chi connectivity index (χ1n) is 16.8. The molecule has 0 spiro atoms. The fourth-order valence-electron chi connectivity index (χ4n) is 6.74. The van der Waals surface area contributed by atoms with E-state index in [1.165, 1.54) is 0 Å². The van der Waals surface area contributed by atoms with E-state index in [0.29, 0.717) is 11.4 Å². The number of nitriles is 1. The molecule has 0 N–H and O–H groups in total. The van der Waals surface area contributed by atoms with Crippen molar-refractivity contribution in [1.82, 2.24) is 19.5 Å². The molecule has 0 unspecified atom stereocenters. The molecule has 0 amide bonds. The molecule has 0 saturated carbocycles. The number of pyridine rings is 1. The van der Waals surface area contributed by atoms with Crippen LogP contribution in [0.4, 0.5) is 0 Å². The molecule has 5 heteroatoms. The van der Waals surface area contributed by atoms with Crippen LogP contribution < -0.4 is 0 Å². The molecule has 51 heavy (non-hydrogen) atoms. The maximum atomic E-state index is 9.41. The van der Waals surface area contributed by atoms with Gasteiger partial charge in [-0.2, -0.15) is 5.26 Å². The van der Waals surface area contributed by atoms with Crippen LogP contribution in [-0.2, 0) is 0 Å². The normalized spacial score (nSPS) is 11.1. The minimum absolute atomic E-state index is 0.616. The van der Waals surface area contributed by atoms with Crippen LogP contribution in [0.25, 0.3) is 83.9 Å². The van der Waals surface area contributed by atoms with Crippen LogP contribution in [0.5, 0.6) is 0 Å². The fourth-order valence-corrected chi connectivity index (χ4v) is 6.74. The number of benzene rings is 6. The Bertz CT molecular complexity index is 2670.